The van der Waals surface area contributed by atoms with E-state index >= 15 is 0 Å². The molecule has 2 aromatic rings. The summed E-state index contributed by atoms with van der Waals surface area (Å²) in [5, 5.41) is 7.23. The Morgan fingerprint density at radius 1 is 1.23 bits per heavy atom. The third kappa shape index (κ3) is 1.60. The lowest BCUT2D eigenvalue weighted by Crippen LogP contribution is -1.79. The molecule has 0 unspecified atom stereocenters. The first-order valence-corrected chi connectivity index (χ1v) is 5.13. The molecule has 0 radical (unpaired) electrons. The second-order valence-corrected chi connectivity index (χ2v) is 3.96. The Balaban J connectivity index is 2.53. The normalized spacial score (nSPS) is 10.3. The molecule has 0 atom stereocenters. The van der Waals surface area contributed by atoms with E-state index in [-0.39, 0.29) is 0 Å². The Hall–Kier alpha value is -0.840. The lowest BCUT2D eigenvalue weighted by atomic mass is 10.1. The molecule has 0 bridgehead atoms. The van der Waals surface area contributed by atoms with Crippen molar-refractivity contribution in [3.05, 3.63) is 39.6 Å². The van der Waals surface area contributed by atoms with E-state index in [9.17, 15) is 0 Å². The second kappa shape index (κ2) is 3.49. The molecule has 1 aromatic heterocycles. The summed E-state index contributed by atoms with van der Waals surface area (Å²) in [7, 11) is 0. The van der Waals surface area contributed by atoms with Gasteiger partial charge in [0.1, 0.15) is 5.69 Å². The zero-order chi connectivity index (χ0) is 9.26. The van der Waals surface area contributed by atoms with Gasteiger partial charge in [-0.25, -0.2) is 0 Å². The van der Waals surface area contributed by atoms with Gasteiger partial charge in [-0.15, -0.1) is 0 Å². The first-order valence-electron chi connectivity index (χ1n) is 4.05. The maximum atomic E-state index is 4.25. The van der Waals surface area contributed by atoms with Gasteiger partial charge in [0, 0.05) is 11.3 Å². The van der Waals surface area contributed by atoms with Crippen LogP contribution >= 0.6 is 22.6 Å². The van der Waals surface area contributed by atoms with Gasteiger partial charge in [0.25, 0.3) is 0 Å². The first-order chi connectivity index (χ1) is 6.29. The maximum absolute atomic E-state index is 4.25. The van der Waals surface area contributed by atoms with Crippen LogP contribution in [0.1, 0.15) is 5.69 Å². The summed E-state index contributed by atoms with van der Waals surface area (Å²) in [6.45, 7) is 2.03. The van der Waals surface area contributed by atoms with Crippen molar-refractivity contribution in [2.24, 2.45) is 0 Å². The van der Waals surface area contributed by atoms with E-state index in [0.717, 1.165) is 17.0 Å². The number of nitrogens with one attached hydrogen (secondary N) is 1. The molecule has 0 aliphatic heterocycles. The molecule has 2 nitrogen and oxygen atoms in total. The summed E-state index contributed by atoms with van der Waals surface area (Å²) >= 11 is 2.31. The average Bonchev–Trinajstić information content (AvgIpc) is 2.49. The molecule has 0 amide bonds. The van der Waals surface area contributed by atoms with Crippen molar-refractivity contribution in [1.29, 1.82) is 0 Å². The largest absolute Gasteiger partial charge is 0.281 e. The number of aromatic nitrogens is 2. The number of H-pyrrole nitrogens is 1. The van der Waals surface area contributed by atoms with Crippen LogP contribution in [-0.4, -0.2) is 10.2 Å². The molecular weight excluding hydrogens is 275 g/mol. The van der Waals surface area contributed by atoms with Crippen LogP contribution in [0, 0.1) is 10.5 Å². The predicted octanol–water partition coefficient (Wildman–Crippen LogP) is 2.99. The van der Waals surface area contributed by atoms with E-state index in [1.54, 1.807) is 0 Å². The fourth-order valence-corrected chi connectivity index (χ4v) is 1.76. The van der Waals surface area contributed by atoms with Gasteiger partial charge in [0.2, 0.25) is 0 Å². The summed E-state index contributed by atoms with van der Waals surface area (Å²) in [5.74, 6) is 0. The van der Waals surface area contributed by atoms with Crippen molar-refractivity contribution in [2.45, 2.75) is 6.92 Å². The van der Waals surface area contributed by atoms with E-state index in [4.69, 9.17) is 0 Å². The molecule has 13 heavy (non-hydrogen) atoms. The van der Waals surface area contributed by atoms with Crippen molar-refractivity contribution in [3.8, 4) is 11.3 Å². The van der Waals surface area contributed by atoms with Gasteiger partial charge in [-0.05, 0) is 29.5 Å². The van der Waals surface area contributed by atoms with Gasteiger partial charge in [0.15, 0.2) is 0 Å². The van der Waals surface area contributed by atoms with Crippen LogP contribution in [0.3, 0.4) is 0 Å². The Morgan fingerprint density at radius 3 is 2.46 bits per heavy atom. The highest BCUT2D eigenvalue weighted by Gasteiger charge is 2.07. The van der Waals surface area contributed by atoms with Crippen LogP contribution in [0.25, 0.3) is 11.3 Å². The number of nitrogens with zero attached hydrogens (tertiary/aromatic N) is 1. The molecule has 0 saturated carbocycles. The fraction of sp³-hybridized carbons (Fsp3) is 0.100. The molecule has 0 aliphatic rings. The monoisotopic (exact) mass is 284 g/mol. The minimum absolute atomic E-state index is 1.04. The Morgan fingerprint density at radius 2 is 1.92 bits per heavy atom. The fourth-order valence-electron chi connectivity index (χ4n) is 1.20. The molecule has 0 saturated heterocycles. The van der Waals surface area contributed by atoms with Gasteiger partial charge in [-0.3, -0.25) is 5.10 Å². The Bertz CT molecular complexity index is 406. The zero-order valence-corrected chi connectivity index (χ0v) is 9.37. The zero-order valence-electron chi connectivity index (χ0n) is 7.21. The number of rotatable bonds is 1. The van der Waals surface area contributed by atoms with Crippen LogP contribution in [-0.2, 0) is 0 Å². The third-order valence-corrected chi connectivity index (χ3v) is 3.24. The predicted molar refractivity (Wildman–Crippen MR) is 61.5 cm³/mol. The standard InChI is InChI=1S/C10H9IN2/c1-7-9(11)10(13-12-7)8-5-3-2-4-6-8/h2-6H,1H3,(H,12,13). The van der Waals surface area contributed by atoms with Gasteiger partial charge in [-0.1, -0.05) is 30.3 Å². The molecule has 3 heteroatoms. The van der Waals surface area contributed by atoms with Crippen molar-refractivity contribution >= 4 is 22.6 Å². The summed E-state index contributed by atoms with van der Waals surface area (Å²) in [6, 6.07) is 10.2. The van der Waals surface area contributed by atoms with Gasteiger partial charge in [0.05, 0.1) is 3.57 Å². The molecule has 1 aromatic carbocycles. The number of aromatic amines is 1. The van der Waals surface area contributed by atoms with Crippen molar-refractivity contribution < 1.29 is 0 Å². The summed E-state index contributed by atoms with van der Waals surface area (Å²) in [5.41, 5.74) is 3.33. The lowest BCUT2D eigenvalue weighted by Gasteiger charge is -1.95. The van der Waals surface area contributed by atoms with E-state index < -0.39 is 0 Å². The van der Waals surface area contributed by atoms with E-state index in [2.05, 4.69) is 44.9 Å². The molecule has 0 fully saturated rings. The minimum Gasteiger partial charge on any atom is -0.281 e. The summed E-state index contributed by atoms with van der Waals surface area (Å²) in [6.07, 6.45) is 0. The molecule has 2 rings (SSSR count). The number of benzene rings is 1. The van der Waals surface area contributed by atoms with E-state index in [1.165, 1.54) is 3.57 Å². The highest BCUT2D eigenvalue weighted by Crippen LogP contribution is 2.24. The second-order valence-electron chi connectivity index (χ2n) is 2.88. The summed E-state index contributed by atoms with van der Waals surface area (Å²) < 4.78 is 1.20. The van der Waals surface area contributed by atoms with Crippen molar-refractivity contribution in [1.82, 2.24) is 10.2 Å². The van der Waals surface area contributed by atoms with E-state index in [1.807, 2.05) is 25.1 Å². The average molecular weight is 284 g/mol. The molecule has 0 aliphatic carbocycles. The third-order valence-electron chi connectivity index (χ3n) is 1.92. The number of hydrogen-bond acceptors (Lipinski definition) is 1. The summed E-state index contributed by atoms with van der Waals surface area (Å²) in [4.78, 5) is 0. The SMILES string of the molecule is Cc1[nH]nc(-c2ccccc2)c1I. The van der Waals surface area contributed by atoms with Crippen LogP contribution in [0.4, 0.5) is 0 Å². The smallest absolute Gasteiger partial charge is 0.106 e. The molecule has 66 valence electrons. The molecule has 0 spiro atoms. The van der Waals surface area contributed by atoms with Gasteiger partial charge >= 0.3 is 0 Å². The van der Waals surface area contributed by atoms with Crippen LogP contribution in [0.15, 0.2) is 30.3 Å². The number of hydrogen-bond donors (Lipinski definition) is 1. The van der Waals surface area contributed by atoms with E-state index in [0.29, 0.717) is 0 Å². The number of halogens is 1. The highest BCUT2D eigenvalue weighted by molar-refractivity contribution is 14.1. The van der Waals surface area contributed by atoms with Crippen LogP contribution in [0.2, 0.25) is 0 Å². The number of aryl methyl sites for hydroxylation is 1. The minimum atomic E-state index is 1.04. The van der Waals surface area contributed by atoms with Crippen LogP contribution in [0.5, 0.6) is 0 Å². The Labute approximate surface area is 90.5 Å². The van der Waals surface area contributed by atoms with Crippen molar-refractivity contribution in [3.63, 3.8) is 0 Å². The van der Waals surface area contributed by atoms with Crippen LogP contribution < -0.4 is 0 Å². The maximum Gasteiger partial charge on any atom is 0.106 e. The molecular formula is C10H9IN2. The van der Waals surface area contributed by atoms with Crippen molar-refractivity contribution in [2.75, 3.05) is 0 Å². The van der Waals surface area contributed by atoms with Gasteiger partial charge in [-0.2, -0.15) is 5.10 Å². The lowest BCUT2D eigenvalue weighted by molar-refractivity contribution is 1.05. The van der Waals surface area contributed by atoms with Gasteiger partial charge < -0.3 is 0 Å². The molecule has 1 N–H and O–H groups in total. The molecule has 1 heterocycles. The highest BCUT2D eigenvalue weighted by atomic mass is 127. The first kappa shape index (κ1) is 8.74. The quantitative estimate of drug-likeness (QED) is 0.801. The topological polar surface area (TPSA) is 28.7 Å². The Kier molecular flexibility index (Phi) is 2.35.